The highest BCUT2D eigenvalue weighted by Gasteiger charge is 2.16. The molecule has 158 valence electrons. The SMILES string of the molecule is COc1ccc(NC(=O)Cn2nc3nc(N4CCSCC4)ccn3c2=O)cc1OC. The molecule has 1 aromatic carbocycles. The van der Waals surface area contributed by atoms with E-state index in [1.807, 2.05) is 11.8 Å². The van der Waals surface area contributed by atoms with E-state index >= 15 is 0 Å². The summed E-state index contributed by atoms with van der Waals surface area (Å²) >= 11 is 1.91. The summed E-state index contributed by atoms with van der Waals surface area (Å²) in [6, 6.07) is 6.83. The summed E-state index contributed by atoms with van der Waals surface area (Å²) in [4.78, 5) is 31.7. The number of amides is 1. The Hall–Kier alpha value is -3.21. The molecule has 1 amide bonds. The maximum Gasteiger partial charge on any atom is 0.352 e. The molecule has 0 atom stereocenters. The summed E-state index contributed by atoms with van der Waals surface area (Å²) in [7, 11) is 3.05. The molecular formula is C19H22N6O4S. The molecule has 0 aliphatic carbocycles. The van der Waals surface area contributed by atoms with Crippen LogP contribution in [0, 0.1) is 0 Å². The van der Waals surface area contributed by atoms with Crippen LogP contribution >= 0.6 is 11.8 Å². The van der Waals surface area contributed by atoms with Crippen LogP contribution in [0.5, 0.6) is 11.5 Å². The Morgan fingerprint density at radius 2 is 1.93 bits per heavy atom. The zero-order valence-corrected chi connectivity index (χ0v) is 17.5. The molecule has 0 bridgehead atoms. The van der Waals surface area contributed by atoms with E-state index in [2.05, 4.69) is 20.3 Å². The maximum absolute atomic E-state index is 12.6. The molecule has 11 heteroatoms. The van der Waals surface area contributed by atoms with Crippen molar-refractivity contribution in [2.75, 3.05) is 49.0 Å². The number of fused-ring (bicyclic) bond motifs is 1. The maximum atomic E-state index is 12.6. The van der Waals surface area contributed by atoms with Crippen LogP contribution in [0.1, 0.15) is 0 Å². The Morgan fingerprint density at radius 1 is 1.17 bits per heavy atom. The third-order valence-electron chi connectivity index (χ3n) is 4.74. The minimum atomic E-state index is -0.416. The fourth-order valence-electron chi connectivity index (χ4n) is 3.22. The Kier molecular flexibility index (Phi) is 5.79. The van der Waals surface area contributed by atoms with Crippen LogP contribution in [0.3, 0.4) is 0 Å². The molecule has 0 spiro atoms. The Bertz CT molecular complexity index is 1120. The van der Waals surface area contributed by atoms with Gasteiger partial charge in [0.1, 0.15) is 12.4 Å². The highest BCUT2D eigenvalue weighted by molar-refractivity contribution is 7.99. The zero-order valence-electron chi connectivity index (χ0n) is 16.7. The third-order valence-corrected chi connectivity index (χ3v) is 5.68. The number of carbonyl (C=O) groups is 1. The van der Waals surface area contributed by atoms with Gasteiger partial charge in [-0.05, 0) is 18.2 Å². The number of nitrogens with zero attached hydrogens (tertiary/aromatic N) is 5. The molecule has 0 unspecified atom stereocenters. The topological polar surface area (TPSA) is 103 Å². The highest BCUT2D eigenvalue weighted by atomic mass is 32.2. The minimum absolute atomic E-state index is 0.230. The lowest BCUT2D eigenvalue weighted by molar-refractivity contribution is -0.117. The van der Waals surface area contributed by atoms with Gasteiger partial charge in [-0.15, -0.1) is 5.10 Å². The molecule has 1 N–H and O–H groups in total. The Labute approximate surface area is 176 Å². The highest BCUT2D eigenvalue weighted by Crippen LogP contribution is 2.29. The number of anilines is 2. The molecule has 3 heterocycles. The average molecular weight is 430 g/mol. The van der Waals surface area contributed by atoms with Crippen LogP contribution in [0.4, 0.5) is 11.5 Å². The fraction of sp³-hybridized carbons (Fsp3) is 0.368. The van der Waals surface area contributed by atoms with Gasteiger partial charge in [0.05, 0.1) is 14.2 Å². The number of methoxy groups -OCH3 is 2. The van der Waals surface area contributed by atoms with Crippen molar-refractivity contribution in [3.05, 3.63) is 40.9 Å². The summed E-state index contributed by atoms with van der Waals surface area (Å²) in [5.74, 6) is 3.81. The summed E-state index contributed by atoms with van der Waals surface area (Å²) in [6.07, 6.45) is 1.65. The summed E-state index contributed by atoms with van der Waals surface area (Å²) in [6.45, 7) is 1.59. The zero-order chi connectivity index (χ0) is 21.1. The van der Waals surface area contributed by atoms with Crippen LogP contribution in [0.15, 0.2) is 35.3 Å². The van der Waals surface area contributed by atoms with Gasteiger partial charge in [0, 0.05) is 42.5 Å². The molecule has 10 nitrogen and oxygen atoms in total. The summed E-state index contributed by atoms with van der Waals surface area (Å²) in [5.41, 5.74) is 0.110. The second-order valence-electron chi connectivity index (χ2n) is 6.61. The lowest BCUT2D eigenvalue weighted by Gasteiger charge is -2.27. The van der Waals surface area contributed by atoms with Gasteiger partial charge in [0.15, 0.2) is 11.5 Å². The molecule has 4 rings (SSSR count). The minimum Gasteiger partial charge on any atom is -0.493 e. The molecule has 1 fully saturated rings. The van der Waals surface area contributed by atoms with E-state index in [-0.39, 0.29) is 18.2 Å². The van der Waals surface area contributed by atoms with Crippen molar-refractivity contribution in [1.29, 1.82) is 0 Å². The number of ether oxygens (including phenoxy) is 2. The molecule has 1 saturated heterocycles. The normalized spacial score (nSPS) is 14.0. The summed E-state index contributed by atoms with van der Waals surface area (Å²) < 4.78 is 12.9. The monoisotopic (exact) mass is 430 g/mol. The van der Waals surface area contributed by atoms with Crippen molar-refractivity contribution in [2.24, 2.45) is 0 Å². The van der Waals surface area contributed by atoms with Crippen LogP contribution in [-0.2, 0) is 11.3 Å². The molecule has 2 aromatic heterocycles. The van der Waals surface area contributed by atoms with E-state index < -0.39 is 5.69 Å². The van der Waals surface area contributed by atoms with Crippen LogP contribution in [-0.4, -0.2) is 63.9 Å². The van der Waals surface area contributed by atoms with Gasteiger partial charge >= 0.3 is 5.69 Å². The van der Waals surface area contributed by atoms with Crippen molar-refractivity contribution in [3.63, 3.8) is 0 Å². The third kappa shape index (κ3) is 4.06. The molecule has 3 aromatic rings. The number of carbonyl (C=O) groups excluding carboxylic acids is 1. The molecule has 1 aliphatic heterocycles. The predicted octanol–water partition coefficient (Wildman–Crippen LogP) is 1.10. The first-order valence-corrected chi connectivity index (χ1v) is 10.6. The van der Waals surface area contributed by atoms with E-state index in [9.17, 15) is 9.59 Å². The van der Waals surface area contributed by atoms with Crippen molar-refractivity contribution in [1.82, 2.24) is 19.2 Å². The van der Waals surface area contributed by atoms with E-state index in [1.54, 1.807) is 30.5 Å². The van der Waals surface area contributed by atoms with Crippen molar-refractivity contribution >= 4 is 35.0 Å². The van der Waals surface area contributed by atoms with E-state index in [0.717, 1.165) is 35.1 Å². The average Bonchev–Trinajstić information content (AvgIpc) is 3.08. The molecule has 0 radical (unpaired) electrons. The second-order valence-corrected chi connectivity index (χ2v) is 7.84. The van der Waals surface area contributed by atoms with Crippen LogP contribution in [0.25, 0.3) is 5.78 Å². The van der Waals surface area contributed by atoms with Gasteiger partial charge in [-0.2, -0.15) is 16.7 Å². The number of hydrogen-bond acceptors (Lipinski definition) is 8. The second kappa shape index (κ2) is 8.66. The quantitative estimate of drug-likeness (QED) is 0.620. The molecule has 1 aliphatic rings. The lowest BCUT2D eigenvalue weighted by atomic mass is 10.2. The van der Waals surface area contributed by atoms with E-state index in [4.69, 9.17) is 9.47 Å². The van der Waals surface area contributed by atoms with Crippen LogP contribution in [0.2, 0.25) is 0 Å². The predicted molar refractivity (Wildman–Crippen MR) is 115 cm³/mol. The van der Waals surface area contributed by atoms with Gasteiger partial charge in [0.2, 0.25) is 5.91 Å². The number of hydrogen-bond donors (Lipinski definition) is 1. The largest absolute Gasteiger partial charge is 0.493 e. The van der Waals surface area contributed by atoms with Gasteiger partial charge in [-0.25, -0.2) is 13.9 Å². The first kappa shape index (κ1) is 20.1. The van der Waals surface area contributed by atoms with Crippen molar-refractivity contribution in [3.8, 4) is 11.5 Å². The van der Waals surface area contributed by atoms with Gasteiger partial charge in [-0.3, -0.25) is 4.79 Å². The van der Waals surface area contributed by atoms with E-state index in [0.29, 0.717) is 17.2 Å². The first-order valence-electron chi connectivity index (χ1n) is 9.40. The number of nitrogens with one attached hydrogen (secondary N) is 1. The lowest BCUT2D eigenvalue weighted by Crippen LogP contribution is -2.33. The van der Waals surface area contributed by atoms with Gasteiger partial charge in [0.25, 0.3) is 5.78 Å². The standard InChI is InChI=1S/C19H22N6O4S/c1-28-14-4-3-13(11-15(14)29-2)20-17(26)12-25-19(27)24-6-5-16(21-18(24)22-25)23-7-9-30-10-8-23/h3-6,11H,7-10,12H2,1-2H3,(H,20,26). The number of benzene rings is 1. The van der Waals surface area contributed by atoms with E-state index in [1.165, 1.54) is 18.6 Å². The van der Waals surface area contributed by atoms with Crippen LogP contribution < -0.4 is 25.4 Å². The van der Waals surface area contributed by atoms with Gasteiger partial charge < -0.3 is 19.7 Å². The smallest absolute Gasteiger partial charge is 0.352 e. The van der Waals surface area contributed by atoms with Crippen molar-refractivity contribution < 1.29 is 14.3 Å². The van der Waals surface area contributed by atoms with Crippen molar-refractivity contribution in [2.45, 2.75) is 6.54 Å². The first-order chi connectivity index (χ1) is 14.6. The number of thioether (sulfide) groups is 1. The Balaban J connectivity index is 1.51. The summed E-state index contributed by atoms with van der Waals surface area (Å²) in [5, 5.41) is 6.97. The molecule has 0 saturated carbocycles. The number of aromatic nitrogens is 4. The fourth-order valence-corrected chi connectivity index (χ4v) is 4.12. The van der Waals surface area contributed by atoms with Gasteiger partial charge in [-0.1, -0.05) is 0 Å². The molecular weight excluding hydrogens is 408 g/mol. The number of rotatable bonds is 6. The molecule has 30 heavy (non-hydrogen) atoms. The Morgan fingerprint density at radius 3 is 2.67 bits per heavy atom.